The lowest BCUT2D eigenvalue weighted by Gasteiger charge is -2.28. The smallest absolute Gasteiger partial charge is 0.320 e. The highest BCUT2D eigenvalue weighted by Gasteiger charge is 2.31. The third-order valence-electron chi connectivity index (χ3n) is 4.92. The van der Waals surface area contributed by atoms with Crippen molar-refractivity contribution in [3.63, 3.8) is 0 Å². The number of amides is 2. The second-order valence-electron chi connectivity index (χ2n) is 7.43. The van der Waals surface area contributed by atoms with Crippen LogP contribution in [0.3, 0.4) is 0 Å². The number of nitrogens with zero attached hydrogens (tertiary/aromatic N) is 2. The van der Waals surface area contributed by atoms with Crippen molar-refractivity contribution in [3.8, 4) is 5.69 Å². The number of hydrogen-bond acceptors (Lipinski definition) is 3. The van der Waals surface area contributed by atoms with E-state index >= 15 is 0 Å². The van der Waals surface area contributed by atoms with Crippen molar-refractivity contribution < 1.29 is 9.90 Å². The Morgan fingerprint density at radius 3 is 2.62 bits per heavy atom. The Labute approximate surface area is 154 Å². The summed E-state index contributed by atoms with van der Waals surface area (Å²) < 4.78 is 1.80. The molecule has 0 unspecified atom stereocenters. The number of nitrogens with one attached hydrogen (secondary N) is 2. The van der Waals surface area contributed by atoms with Crippen LogP contribution in [0.5, 0.6) is 0 Å². The Bertz CT molecular complexity index is 768. The van der Waals surface area contributed by atoms with Crippen molar-refractivity contribution in [1.82, 2.24) is 15.1 Å². The first-order chi connectivity index (χ1) is 12.5. The van der Waals surface area contributed by atoms with Gasteiger partial charge < -0.3 is 10.4 Å². The molecular weight excluding hydrogens is 328 g/mol. The number of benzene rings is 1. The van der Waals surface area contributed by atoms with Crippen molar-refractivity contribution in [2.45, 2.75) is 57.9 Å². The van der Waals surface area contributed by atoms with Crippen LogP contribution in [-0.4, -0.2) is 33.1 Å². The molecule has 0 aliphatic heterocycles. The molecule has 1 aromatic carbocycles. The van der Waals surface area contributed by atoms with Crippen LogP contribution in [0.4, 0.5) is 10.6 Å². The monoisotopic (exact) mass is 356 g/mol. The maximum atomic E-state index is 12.6. The van der Waals surface area contributed by atoms with Gasteiger partial charge in [-0.15, -0.1) is 0 Å². The zero-order valence-electron chi connectivity index (χ0n) is 15.7. The summed E-state index contributed by atoms with van der Waals surface area (Å²) in [6, 6.07) is 9.49. The lowest BCUT2D eigenvalue weighted by atomic mass is 9.98. The summed E-state index contributed by atoms with van der Waals surface area (Å²) in [5, 5.41) is 20.3. The normalized spacial score (nSPS) is 16.2. The average molecular weight is 356 g/mol. The van der Waals surface area contributed by atoms with E-state index in [0.717, 1.165) is 36.2 Å². The third-order valence-corrected chi connectivity index (χ3v) is 4.92. The predicted molar refractivity (Wildman–Crippen MR) is 103 cm³/mol. The number of urea groups is 1. The molecule has 2 amide bonds. The molecule has 1 saturated carbocycles. The van der Waals surface area contributed by atoms with Crippen LogP contribution >= 0.6 is 0 Å². The van der Waals surface area contributed by atoms with E-state index in [4.69, 9.17) is 5.10 Å². The molecule has 0 saturated heterocycles. The third kappa shape index (κ3) is 3.90. The van der Waals surface area contributed by atoms with Gasteiger partial charge in [0.2, 0.25) is 0 Å². The molecule has 1 atom stereocenters. The van der Waals surface area contributed by atoms with Crippen molar-refractivity contribution in [2.24, 2.45) is 0 Å². The van der Waals surface area contributed by atoms with Gasteiger partial charge in [-0.1, -0.05) is 31.5 Å². The van der Waals surface area contributed by atoms with Gasteiger partial charge in [0.1, 0.15) is 5.82 Å². The van der Waals surface area contributed by atoms with Gasteiger partial charge in [0.25, 0.3) is 0 Å². The minimum absolute atomic E-state index is 0.0987. The number of aliphatic hydroxyl groups is 1. The predicted octanol–water partition coefficient (Wildman–Crippen LogP) is 3.73. The van der Waals surface area contributed by atoms with E-state index in [1.165, 1.54) is 0 Å². The molecule has 1 heterocycles. The molecular formula is C20H28N4O2. The van der Waals surface area contributed by atoms with E-state index in [1.807, 2.05) is 51.1 Å². The Morgan fingerprint density at radius 2 is 2.04 bits per heavy atom. The number of carbonyl (C=O) groups is 1. The fraction of sp³-hybridized carbons (Fsp3) is 0.500. The van der Waals surface area contributed by atoms with Crippen molar-refractivity contribution in [1.29, 1.82) is 0 Å². The molecule has 1 aliphatic carbocycles. The van der Waals surface area contributed by atoms with Crippen LogP contribution in [0.15, 0.2) is 30.3 Å². The van der Waals surface area contributed by atoms with Gasteiger partial charge in [-0.2, -0.15) is 5.10 Å². The molecule has 6 heteroatoms. The van der Waals surface area contributed by atoms with Crippen LogP contribution in [0.25, 0.3) is 5.69 Å². The summed E-state index contributed by atoms with van der Waals surface area (Å²) in [7, 11) is 0. The standard InChI is InChI=1S/C20H28N4O2/c1-4-12-20(3,13-25)22-19(26)21-18-14(2)17(15-10-11-15)23-24(18)16-8-6-5-7-9-16/h5-9,15,25H,4,10-13H2,1-3H3,(H2,21,22,26)/t20-/m1/s1. The summed E-state index contributed by atoms with van der Waals surface area (Å²) >= 11 is 0. The van der Waals surface area contributed by atoms with Gasteiger partial charge in [-0.3, -0.25) is 5.32 Å². The molecule has 26 heavy (non-hydrogen) atoms. The molecule has 1 aliphatic rings. The molecule has 3 N–H and O–H groups in total. The first kappa shape index (κ1) is 18.5. The Balaban J connectivity index is 1.88. The van der Waals surface area contributed by atoms with Crippen LogP contribution in [0.1, 0.15) is 56.7 Å². The zero-order valence-corrected chi connectivity index (χ0v) is 15.7. The second-order valence-corrected chi connectivity index (χ2v) is 7.43. The van der Waals surface area contributed by atoms with E-state index < -0.39 is 5.54 Å². The quantitative estimate of drug-likeness (QED) is 0.707. The van der Waals surface area contributed by atoms with Crippen LogP contribution in [-0.2, 0) is 0 Å². The highest BCUT2D eigenvalue weighted by atomic mass is 16.3. The number of aromatic nitrogens is 2. The Hall–Kier alpha value is -2.34. The van der Waals surface area contributed by atoms with E-state index in [1.54, 1.807) is 4.68 Å². The number of carbonyl (C=O) groups excluding carboxylic acids is 1. The first-order valence-corrected chi connectivity index (χ1v) is 9.32. The van der Waals surface area contributed by atoms with Gasteiger partial charge in [0.05, 0.1) is 23.5 Å². The average Bonchev–Trinajstić information content (AvgIpc) is 3.42. The van der Waals surface area contributed by atoms with Gasteiger partial charge in [0, 0.05) is 11.5 Å². The number of rotatable bonds is 7. The maximum Gasteiger partial charge on any atom is 0.320 e. The second kappa shape index (κ2) is 7.50. The lowest BCUT2D eigenvalue weighted by molar-refractivity contribution is 0.167. The molecule has 6 nitrogen and oxygen atoms in total. The van der Waals surface area contributed by atoms with Gasteiger partial charge in [-0.25, -0.2) is 9.48 Å². The van der Waals surface area contributed by atoms with E-state index in [9.17, 15) is 9.90 Å². The van der Waals surface area contributed by atoms with Gasteiger partial charge >= 0.3 is 6.03 Å². The Morgan fingerprint density at radius 1 is 1.35 bits per heavy atom. The fourth-order valence-corrected chi connectivity index (χ4v) is 3.31. The summed E-state index contributed by atoms with van der Waals surface area (Å²) in [6.45, 7) is 5.79. The number of para-hydroxylation sites is 1. The molecule has 1 fully saturated rings. The van der Waals surface area contributed by atoms with E-state index in [2.05, 4.69) is 10.6 Å². The Kier molecular flexibility index (Phi) is 5.32. The summed E-state index contributed by atoms with van der Waals surface area (Å²) in [5.41, 5.74) is 2.34. The minimum Gasteiger partial charge on any atom is -0.394 e. The van der Waals surface area contributed by atoms with E-state index in [-0.39, 0.29) is 12.6 Å². The molecule has 0 spiro atoms. The van der Waals surface area contributed by atoms with Gasteiger partial charge in [-0.05, 0) is 45.2 Å². The molecule has 1 aromatic heterocycles. The van der Waals surface area contributed by atoms with Crippen molar-refractivity contribution in [2.75, 3.05) is 11.9 Å². The first-order valence-electron chi connectivity index (χ1n) is 9.32. The SMILES string of the molecule is CCC[C@](C)(CO)NC(=O)Nc1c(C)c(C2CC2)nn1-c1ccccc1. The maximum absolute atomic E-state index is 12.6. The number of hydrogen-bond donors (Lipinski definition) is 3. The highest BCUT2D eigenvalue weighted by Crippen LogP contribution is 2.42. The number of anilines is 1. The van der Waals surface area contributed by atoms with E-state index in [0.29, 0.717) is 18.2 Å². The fourth-order valence-electron chi connectivity index (χ4n) is 3.31. The molecule has 140 valence electrons. The molecule has 3 rings (SSSR count). The lowest BCUT2D eigenvalue weighted by Crippen LogP contribution is -2.50. The van der Waals surface area contributed by atoms with Crippen molar-refractivity contribution >= 4 is 11.8 Å². The largest absolute Gasteiger partial charge is 0.394 e. The topological polar surface area (TPSA) is 79.2 Å². The molecule has 0 bridgehead atoms. The molecule has 2 aromatic rings. The highest BCUT2D eigenvalue weighted by molar-refractivity contribution is 5.90. The summed E-state index contributed by atoms with van der Waals surface area (Å²) in [4.78, 5) is 12.6. The van der Waals surface area contributed by atoms with Crippen LogP contribution < -0.4 is 10.6 Å². The minimum atomic E-state index is -0.635. The number of aliphatic hydroxyl groups excluding tert-OH is 1. The van der Waals surface area contributed by atoms with Crippen molar-refractivity contribution in [3.05, 3.63) is 41.6 Å². The summed E-state index contributed by atoms with van der Waals surface area (Å²) in [5.74, 6) is 1.18. The van der Waals surface area contributed by atoms with Gasteiger partial charge in [0.15, 0.2) is 0 Å². The van der Waals surface area contributed by atoms with Crippen LogP contribution in [0, 0.1) is 6.92 Å². The molecule has 0 radical (unpaired) electrons. The zero-order chi connectivity index (χ0) is 18.7. The van der Waals surface area contributed by atoms with Crippen LogP contribution in [0.2, 0.25) is 0 Å². The summed E-state index contributed by atoms with van der Waals surface area (Å²) in [6.07, 6.45) is 3.89.